The van der Waals surface area contributed by atoms with E-state index in [1.165, 1.54) is 20.6 Å². The van der Waals surface area contributed by atoms with Crippen molar-refractivity contribution in [3.8, 4) is 0 Å². The number of aryl methyl sites for hydroxylation is 1. The maximum atomic E-state index is 3.57. The van der Waals surface area contributed by atoms with Gasteiger partial charge in [-0.15, -0.1) is 11.3 Å². The molecular formula is C11H18BrNS. The van der Waals surface area contributed by atoms with Gasteiger partial charge in [-0.05, 0) is 53.9 Å². The van der Waals surface area contributed by atoms with E-state index in [1.54, 1.807) is 0 Å². The van der Waals surface area contributed by atoms with Crippen LogP contribution >= 0.6 is 27.3 Å². The van der Waals surface area contributed by atoms with Gasteiger partial charge < -0.3 is 5.32 Å². The van der Waals surface area contributed by atoms with Crippen molar-refractivity contribution in [2.75, 3.05) is 7.05 Å². The number of thiophene rings is 1. The fraction of sp³-hybridized carbons (Fsp3) is 0.636. The Morgan fingerprint density at radius 1 is 1.50 bits per heavy atom. The molecule has 0 bridgehead atoms. The van der Waals surface area contributed by atoms with Crippen molar-refractivity contribution in [2.45, 2.75) is 33.2 Å². The van der Waals surface area contributed by atoms with Crippen molar-refractivity contribution in [2.24, 2.45) is 5.92 Å². The lowest BCUT2D eigenvalue weighted by Crippen LogP contribution is -2.17. The van der Waals surface area contributed by atoms with Crippen molar-refractivity contribution in [1.82, 2.24) is 5.32 Å². The smallest absolute Gasteiger partial charge is 0.0731 e. The zero-order valence-corrected chi connectivity index (χ0v) is 11.6. The highest BCUT2D eigenvalue weighted by atomic mass is 79.9. The molecule has 1 unspecified atom stereocenters. The Morgan fingerprint density at radius 3 is 2.50 bits per heavy atom. The Morgan fingerprint density at radius 2 is 2.14 bits per heavy atom. The highest BCUT2D eigenvalue weighted by Gasteiger charge is 2.14. The Balaban J connectivity index is 2.78. The molecule has 0 radical (unpaired) electrons. The van der Waals surface area contributed by atoms with Gasteiger partial charge >= 0.3 is 0 Å². The monoisotopic (exact) mass is 275 g/mol. The molecule has 0 fully saturated rings. The third-order valence-corrected chi connectivity index (χ3v) is 4.53. The molecule has 0 aliphatic rings. The molecule has 0 aliphatic carbocycles. The van der Waals surface area contributed by atoms with Crippen molar-refractivity contribution in [1.29, 1.82) is 0 Å². The molecule has 1 heterocycles. The molecule has 1 nitrogen and oxygen atoms in total. The standard InChI is InChI=1S/C11H18BrNS/c1-7(2)5-9(13-4)10-6-8(3)11(12)14-10/h6-7,9,13H,5H2,1-4H3. The summed E-state index contributed by atoms with van der Waals surface area (Å²) in [5.74, 6) is 0.730. The van der Waals surface area contributed by atoms with Gasteiger partial charge in [0.2, 0.25) is 0 Å². The van der Waals surface area contributed by atoms with Crippen LogP contribution in [-0.4, -0.2) is 7.05 Å². The maximum absolute atomic E-state index is 3.57. The summed E-state index contributed by atoms with van der Waals surface area (Å²) in [6.45, 7) is 6.67. The van der Waals surface area contributed by atoms with Crippen LogP contribution in [0, 0.1) is 12.8 Å². The summed E-state index contributed by atoms with van der Waals surface area (Å²) in [6, 6.07) is 2.78. The van der Waals surface area contributed by atoms with Crippen LogP contribution in [0.2, 0.25) is 0 Å². The second-order valence-electron chi connectivity index (χ2n) is 4.08. The van der Waals surface area contributed by atoms with Gasteiger partial charge in [-0.1, -0.05) is 13.8 Å². The minimum atomic E-state index is 0.505. The van der Waals surface area contributed by atoms with E-state index in [9.17, 15) is 0 Å². The van der Waals surface area contributed by atoms with Crippen LogP contribution in [0.4, 0.5) is 0 Å². The van der Waals surface area contributed by atoms with E-state index in [1.807, 2.05) is 18.4 Å². The molecule has 0 saturated carbocycles. The summed E-state index contributed by atoms with van der Waals surface area (Å²) < 4.78 is 1.26. The van der Waals surface area contributed by atoms with E-state index < -0.39 is 0 Å². The lowest BCUT2D eigenvalue weighted by molar-refractivity contribution is 0.462. The predicted molar refractivity (Wildman–Crippen MR) is 68.0 cm³/mol. The van der Waals surface area contributed by atoms with E-state index in [0.29, 0.717) is 6.04 Å². The molecule has 1 rings (SSSR count). The molecule has 0 amide bonds. The van der Waals surface area contributed by atoms with Crippen LogP contribution in [0.25, 0.3) is 0 Å². The van der Waals surface area contributed by atoms with Gasteiger partial charge in [-0.3, -0.25) is 0 Å². The lowest BCUT2D eigenvalue weighted by atomic mass is 10.0. The summed E-state index contributed by atoms with van der Waals surface area (Å²) in [4.78, 5) is 1.44. The Kier molecular flexibility index (Phi) is 4.61. The molecule has 0 saturated heterocycles. The predicted octanol–water partition coefficient (Wildman–Crippen LogP) is 4.13. The minimum absolute atomic E-state index is 0.505. The Labute approximate surface area is 99.0 Å². The minimum Gasteiger partial charge on any atom is -0.312 e. The summed E-state index contributed by atoms with van der Waals surface area (Å²) in [5, 5.41) is 3.38. The first-order valence-electron chi connectivity index (χ1n) is 4.97. The van der Waals surface area contributed by atoms with Gasteiger partial charge in [0.05, 0.1) is 3.79 Å². The Bertz CT molecular complexity index is 274. The molecule has 3 heteroatoms. The zero-order valence-electron chi connectivity index (χ0n) is 9.23. The van der Waals surface area contributed by atoms with Crippen molar-refractivity contribution in [3.05, 3.63) is 20.3 Å². The summed E-state index contributed by atoms with van der Waals surface area (Å²) >= 11 is 5.41. The van der Waals surface area contributed by atoms with E-state index in [-0.39, 0.29) is 0 Å². The van der Waals surface area contributed by atoms with Crippen LogP contribution in [0.5, 0.6) is 0 Å². The van der Waals surface area contributed by atoms with Gasteiger partial charge in [0.25, 0.3) is 0 Å². The molecular weight excluding hydrogens is 258 g/mol. The summed E-state index contributed by atoms with van der Waals surface area (Å²) in [5.41, 5.74) is 1.34. The molecule has 80 valence electrons. The SMILES string of the molecule is CNC(CC(C)C)c1cc(C)c(Br)s1. The number of hydrogen-bond acceptors (Lipinski definition) is 2. The summed E-state index contributed by atoms with van der Waals surface area (Å²) in [7, 11) is 2.04. The molecule has 0 aromatic carbocycles. The van der Waals surface area contributed by atoms with Gasteiger partial charge in [0.1, 0.15) is 0 Å². The van der Waals surface area contributed by atoms with Gasteiger partial charge in [-0.2, -0.15) is 0 Å². The van der Waals surface area contributed by atoms with Crippen LogP contribution in [0.3, 0.4) is 0 Å². The zero-order chi connectivity index (χ0) is 10.7. The van der Waals surface area contributed by atoms with Crippen LogP contribution in [-0.2, 0) is 0 Å². The van der Waals surface area contributed by atoms with Gasteiger partial charge in [0.15, 0.2) is 0 Å². The van der Waals surface area contributed by atoms with Crippen molar-refractivity contribution in [3.63, 3.8) is 0 Å². The number of rotatable bonds is 4. The van der Waals surface area contributed by atoms with Crippen LogP contribution in [0.1, 0.15) is 36.8 Å². The first kappa shape index (κ1) is 12.2. The maximum Gasteiger partial charge on any atom is 0.0731 e. The second kappa shape index (κ2) is 5.29. The molecule has 1 aromatic heterocycles. The summed E-state index contributed by atoms with van der Waals surface area (Å²) in [6.07, 6.45) is 1.20. The van der Waals surface area contributed by atoms with Crippen molar-refractivity contribution < 1.29 is 0 Å². The van der Waals surface area contributed by atoms with E-state index in [4.69, 9.17) is 0 Å². The average Bonchev–Trinajstić information content (AvgIpc) is 2.42. The molecule has 1 N–H and O–H groups in total. The van der Waals surface area contributed by atoms with Crippen LogP contribution in [0.15, 0.2) is 9.85 Å². The Hall–Kier alpha value is 0.140. The average molecular weight is 276 g/mol. The molecule has 14 heavy (non-hydrogen) atoms. The first-order valence-corrected chi connectivity index (χ1v) is 6.58. The number of hydrogen-bond donors (Lipinski definition) is 1. The molecule has 1 atom stereocenters. The van der Waals surface area contributed by atoms with E-state index in [0.717, 1.165) is 5.92 Å². The molecule has 0 aliphatic heterocycles. The lowest BCUT2D eigenvalue weighted by Gasteiger charge is -2.16. The normalized spacial score (nSPS) is 13.6. The highest BCUT2D eigenvalue weighted by Crippen LogP contribution is 2.33. The van der Waals surface area contributed by atoms with E-state index in [2.05, 4.69) is 48.1 Å². The van der Waals surface area contributed by atoms with Gasteiger partial charge in [-0.25, -0.2) is 0 Å². The van der Waals surface area contributed by atoms with E-state index >= 15 is 0 Å². The second-order valence-corrected chi connectivity index (χ2v) is 6.48. The number of nitrogens with one attached hydrogen (secondary N) is 1. The highest BCUT2D eigenvalue weighted by molar-refractivity contribution is 9.11. The molecule has 0 spiro atoms. The fourth-order valence-corrected chi connectivity index (χ4v) is 3.20. The third-order valence-electron chi connectivity index (χ3n) is 2.28. The fourth-order valence-electron chi connectivity index (χ4n) is 1.50. The van der Waals surface area contributed by atoms with Crippen molar-refractivity contribution >= 4 is 27.3 Å². The number of halogens is 1. The largest absolute Gasteiger partial charge is 0.312 e. The van der Waals surface area contributed by atoms with Crippen LogP contribution < -0.4 is 5.32 Å². The molecule has 1 aromatic rings. The third kappa shape index (κ3) is 3.07. The topological polar surface area (TPSA) is 12.0 Å². The van der Waals surface area contributed by atoms with Gasteiger partial charge in [0, 0.05) is 10.9 Å². The quantitative estimate of drug-likeness (QED) is 0.872. The first-order chi connectivity index (χ1) is 6.54.